The zero-order valence-electron chi connectivity index (χ0n) is 15.9. The maximum atomic E-state index is 8.79. The van der Waals surface area contributed by atoms with Gasteiger partial charge in [0.15, 0.2) is 0 Å². The largest absolute Gasteiger partial charge is 0.392 e. The zero-order chi connectivity index (χ0) is 18.3. The molecule has 2 aliphatic rings. The van der Waals surface area contributed by atoms with Crippen molar-refractivity contribution in [1.29, 1.82) is 0 Å². The van der Waals surface area contributed by atoms with Crippen LogP contribution in [0.1, 0.15) is 53.4 Å². The highest BCUT2D eigenvalue weighted by atomic mass is 35.5. The monoisotopic (exact) mass is 350 g/mol. The van der Waals surface area contributed by atoms with Gasteiger partial charge >= 0.3 is 0 Å². The van der Waals surface area contributed by atoms with Gasteiger partial charge in [-0.05, 0) is 71.6 Å². The molecule has 1 N–H and O–H groups in total. The molecule has 0 saturated heterocycles. The van der Waals surface area contributed by atoms with Crippen LogP contribution in [0.15, 0.2) is 47.6 Å². The first kappa shape index (κ1) is 21.3. The van der Waals surface area contributed by atoms with Crippen molar-refractivity contribution in [1.82, 2.24) is 0 Å². The van der Waals surface area contributed by atoms with E-state index in [0.29, 0.717) is 17.7 Å². The normalized spacial score (nSPS) is 34.2. The lowest BCUT2D eigenvalue weighted by molar-refractivity contribution is 0.338. The number of halogens is 1. The summed E-state index contributed by atoms with van der Waals surface area (Å²) in [6, 6.07) is 0. The lowest BCUT2D eigenvalue weighted by Gasteiger charge is -2.28. The minimum atomic E-state index is 0.147. The van der Waals surface area contributed by atoms with Gasteiger partial charge in [0, 0.05) is 5.88 Å². The number of alkyl halides is 1. The van der Waals surface area contributed by atoms with Crippen molar-refractivity contribution in [3.63, 3.8) is 0 Å². The third-order valence-corrected chi connectivity index (χ3v) is 5.48. The molecule has 4 atom stereocenters. The van der Waals surface area contributed by atoms with Gasteiger partial charge in [0.05, 0.1) is 6.61 Å². The van der Waals surface area contributed by atoms with Crippen LogP contribution in [0, 0.1) is 23.7 Å². The van der Waals surface area contributed by atoms with Gasteiger partial charge in [0.25, 0.3) is 0 Å². The second-order valence-corrected chi connectivity index (χ2v) is 8.05. The summed E-state index contributed by atoms with van der Waals surface area (Å²) in [5.41, 5.74) is 5.18. The van der Waals surface area contributed by atoms with E-state index >= 15 is 0 Å². The van der Waals surface area contributed by atoms with E-state index in [-0.39, 0.29) is 6.61 Å². The molecular weight excluding hydrogens is 316 g/mol. The molecule has 0 amide bonds. The molecule has 0 aromatic carbocycles. The van der Waals surface area contributed by atoms with Crippen molar-refractivity contribution in [3.05, 3.63) is 47.6 Å². The number of rotatable bonds is 2. The van der Waals surface area contributed by atoms with Crippen LogP contribution in [0.2, 0.25) is 0 Å². The molecule has 2 aliphatic carbocycles. The Bertz CT molecular complexity index is 454. The summed E-state index contributed by atoms with van der Waals surface area (Å²) in [5, 5.41) is 8.79. The Morgan fingerprint density at radius 3 is 1.71 bits per heavy atom. The predicted octanol–water partition coefficient (Wildman–Crippen LogP) is 6.30. The van der Waals surface area contributed by atoms with Crippen molar-refractivity contribution in [2.24, 2.45) is 23.7 Å². The lowest BCUT2D eigenvalue weighted by atomic mass is 9.77. The fourth-order valence-corrected chi connectivity index (χ4v) is 4.12. The second-order valence-electron chi connectivity index (χ2n) is 7.74. The van der Waals surface area contributed by atoms with E-state index in [4.69, 9.17) is 16.7 Å². The van der Waals surface area contributed by atoms with E-state index in [0.717, 1.165) is 24.7 Å². The van der Waals surface area contributed by atoms with Crippen molar-refractivity contribution in [3.8, 4) is 0 Å². The van der Waals surface area contributed by atoms with Crippen LogP contribution in [0.3, 0.4) is 0 Å². The van der Waals surface area contributed by atoms with Crippen LogP contribution < -0.4 is 0 Å². The summed E-state index contributed by atoms with van der Waals surface area (Å²) in [6.45, 7) is 17.3. The van der Waals surface area contributed by atoms with Crippen molar-refractivity contribution in [2.45, 2.75) is 53.4 Å². The number of hydrogen-bond donors (Lipinski definition) is 1. The average Bonchev–Trinajstić information content (AvgIpc) is 2.50. The highest BCUT2D eigenvalue weighted by Gasteiger charge is 2.22. The number of aliphatic hydroxyl groups excluding tert-OH is 1. The first-order valence-electron chi connectivity index (χ1n) is 9.23. The summed E-state index contributed by atoms with van der Waals surface area (Å²) >= 11 is 5.68. The molecule has 0 bridgehead atoms. The molecule has 0 radical (unpaired) electrons. The van der Waals surface area contributed by atoms with Gasteiger partial charge in [-0.3, -0.25) is 0 Å². The van der Waals surface area contributed by atoms with E-state index in [1.54, 1.807) is 0 Å². The molecule has 0 spiro atoms. The third kappa shape index (κ3) is 6.26. The summed E-state index contributed by atoms with van der Waals surface area (Å²) < 4.78 is 0. The number of hydrogen-bond acceptors (Lipinski definition) is 1. The minimum absolute atomic E-state index is 0.147. The van der Waals surface area contributed by atoms with Gasteiger partial charge in [-0.2, -0.15) is 0 Å². The van der Waals surface area contributed by atoms with Crippen molar-refractivity contribution >= 4 is 11.6 Å². The van der Waals surface area contributed by atoms with E-state index in [1.807, 2.05) is 6.08 Å². The van der Waals surface area contributed by atoms with Crippen LogP contribution in [0.25, 0.3) is 0 Å². The molecule has 0 aliphatic heterocycles. The second kappa shape index (κ2) is 10.3. The Labute approximate surface area is 154 Å². The fourth-order valence-electron chi connectivity index (χ4n) is 3.94. The summed E-state index contributed by atoms with van der Waals surface area (Å²) in [6.07, 6.45) is 8.77. The average molecular weight is 351 g/mol. The predicted molar refractivity (Wildman–Crippen MR) is 107 cm³/mol. The number of aliphatic hydroxyl groups is 1. The minimum Gasteiger partial charge on any atom is -0.392 e. The Morgan fingerprint density at radius 1 is 0.917 bits per heavy atom. The Morgan fingerprint density at radius 2 is 1.33 bits per heavy atom. The van der Waals surface area contributed by atoms with Gasteiger partial charge in [0.2, 0.25) is 0 Å². The first-order chi connectivity index (χ1) is 11.3. The van der Waals surface area contributed by atoms with E-state index in [2.05, 4.69) is 46.9 Å². The summed E-state index contributed by atoms with van der Waals surface area (Å²) in [7, 11) is 0. The summed E-state index contributed by atoms with van der Waals surface area (Å²) in [4.78, 5) is 0. The molecule has 1 nitrogen and oxygen atoms in total. The van der Waals surface area contributed by atoms with Gasteiger partial charge in [-0.25, -0.2) is 0 Å². The van der Waals surface area contributed by atoms with Crippen LogP contribution >= 0.6 is 11.6 Å². The number of allylic oxidation sites excluding steroid dienone is 5. The van der Waals surface area contributed by atoms with Gasteiger partial charge < -0.3 is 5.11 Å². The Kier molecular flexibility index (Phi) is 9.08. The topological polar surface area (TPSA) is 20.2 Å². The molecule has 2 rings (SSSR count). The molecule has 2 fully saturated rings. The van der Waals surface area contributed by atoms with Crippen LogP contribution in [0.5, 0.6) is 0 Å². The molecule has 2 heteroatoms. The molecule has 0 unspecified atom stereocenters. The van der Waals surface area contributed by atoms with Crippen molar-refractivity contribution in [2.75, 3.05) is 12.5 Å². The van der Waals surface area contributed by atoms with E-state index < -0.39 is 0 Å². The standard InChI is InChI=1S/C11H17Cl.C11H18O/c2*1-8-6-9(2)10(3)11(7-8)4-5-12/h4,8-9H,3,5-7H2,1-2H3;4,8-9,12H,3,5-7H2,1-2H3/b2*11-4+/t2*8-,9-/m00/s1. The van der Waals surface area contributed by atoms with Gasteiger partial charge in [-0.1, -0.05) is 53.0 Å². The van der Waals surface area contributed by atoms with Crippen LogP contribution in [-0.2, 0) is 0 Å². The zero-order valence-corrected chi connectivity index (χ0v) is 16.7. The Balaban J connectivity index is 0.000000240. The van der Waals surface area contributed by atoms with Crippen molar-refractivity contribution < 1.29 is 5.11 Å². The molecule has 0 heterocycles. The van der Waals surface area contributed by atoms with Gasteiger partial charge in [-0.15, -0.1) is 11.6 Å². The highest BCUT2D eigenvalue weighted by molar-refractivity contribution is 6.19. The van der Waals surface area contributed by atoms with Crippen LogP contribution in [-0.4, -0.2) is 17.6 Å². The quantitative estimate of drug-likeness (QED) is 0.579. The smallest absolute Gasteiger partial charge is 0.0618 e. The molecule has 2 saturated carbocycles. The first-order valence-corrected chi connectivity index (χ1v) is 9.76. The third-order valence-electron chi connectivity index (χ3n) is 5.32. The Hall–Kier alpha value is -0.790. The van der Waals surface area contributed by atoms with E-state index in [9.17, 15) is 0 Å². The fraction of sp³-hybridized carbons (Fsp3) is 0.636. The molecular formula is C22H35ClO. The van der Waals surface area contributed by atoms with Gasteiger partial charge in [0.1, 0.15) is 0 Å². The molecule has 0 aromatic heterocycles. The highest BCUT2D eigenvalue weighted by Crippen LogP contribution is 2.36. The SMILES string of the molecule is C=C1/C(=C/CCl)C[C@@H](C)C[C@@H]1C.C=C1/C(=C/CO)C[C@@H](C)C[C@@H]1C. The summed E-state index contributed by atoms with van der Waals surface area (Å²) in [5.74, 6) is 3.38. The van der Waals surface area contributed by atoms with E-state index in [1.165, 1.54) is 35.1 Å². The maximum Gasteiger partial charge on any atom is 0.0618 e. The molecule has 24 heavy (non-hydrogen) atoms. The maximum absolute atomic E-state index is 8.79. The van der Waals surface area contributed by atoms with Crippen LogP contribution in [0.4, 0.5) is 0 Å². The molecule has 0 aromatic rings. The lowest BCUT2D eigenvalue weighted by Crippen LogP contribution is -2.15. The molecule has 136 valence electrons.